The van der Waals surface area contributed by atoms with E-state index in [4.69, 9.17) is 0 Å². The summed E-state index contributed by atoms with van der Waals surface area (Å²) in [6.07, 6.45) is -1.25. The summed E-state index contributed by atoms with van der Waals surface area (Å²) < 4.78 is 0. The van der Waals surface area contributed by atoms with Gasteiger partial charge in [0.15, 0.2) is 0 Å². The third-order valence-corrected chi connectivity index (χ3v) is 5.22. The molecule has 0 aromatic heterocycles. The van der Waals surface area contributed by atoms with Crippen LogP contribution in [-0.2, 0) is 14.4 Å². The van der Waals surface area contributed by atoms with Gasteiger partial charge in [0, 0.05) is 72.0 Å². The number of aliphatic hydroxyl groups excluding tert-OH is 3. The molecule has 2 atom stereocenters. The molecule has 1 fully saturated rings. The standard InChI is InChI=1S/C18H34N4O9/c23-12-14(15(25)13-24)22-7-5-20(10-17(28)29)3-1-19(9-16(26)27)2-4-21(6-8-22)11-18(30)31/h14-15,23-25H,1-13H2,(H,26,27)(H,28,29)(H,30,31)/p-3/t14-,15+/m1/s1. The fraction of sp³-hybridized carbons (Fsp3) is 0.833. The van der Waals surface area contributed by atoms with E-state index in [9.17, 15) is 45.0 Å². The minimum atomic E-state index is -1.31. The minimum Gasteiger partial charge on any atom is -0.549 e. The first-order chi connectivity index (χ1) is 14.7. The Bertz CT molecular complexity index is 548. The lowest BCUT2D eigenvalue weighted by Crippen LogP contribution is -2.55. The van der Waals surface area contributed by atoms with Gasteiger partial charge in [-0.1, -0.05) is 0 Å². The molecule has 1 heterocycles. The Balaban J connectivity index is 3.05. The molecule has 0 radical (unpaired) electrons. The predicted octanol–water partition coefficient (Wildman–Crippen LogP) is -7.83. The highest BCUT2D eigenvalue weighted by Crippen LogP contribution is 2.08. The molecule has 0 unspecified atom stereocenters. The van der Waals surface area contributed by atoms with Crippen molar-refractivity contribution in [2.75, 3.05) is 85.2 Å². The lowest BCUT2D eigenvalue weighted by Gasteiger charge is -2.38. The van der Waals surface area contributed by atoms with Crippen molar-refractivity contribution in [3.63, 3.8) is 0 Å². The molecule has 0 aromatic rings. The largest absolute Gasteiger partial charge is 0.549 e. The summed E-state index contributed by atoms with van der Waals surface area (Å²) >= 11 is 0. The molecule has 3 N–H and O–H groups in total. The van der Waals surface area contributed by atoms with Crippen molar-refractivity contribution in [1.29, 1.82) is 0 Å². The molecule has 31 heavy (non-hydrogen) atoms. The lowest BCUT2D eigenvalue weighted by molar-refractivity contribution is -0.308. The summed E-state index contributed by atoms with van der Waals surface area (Å²) in [6, 6.07) is -0.836. The number of hydrogen-bond donors (Lipinski definition) is 3. The van der Waals surface area contributed by atoms with Crippen LogP contribution in [0.1, 0.15) is 0 Å². The van der Waals surface area contributed by atoms with Gasteiger partial charge in [-0.3, -0.25) is 19.6 Å². The molecule has 0 aromatic carbocycles. The van der Waals surface area contributed by atoms with Gasteiger partial charge in [-0.15, -0.1) is 0 Å². The second-order valence-corrected chi connectivity index (χ2v) is 7.48. The Morgan fingerprint density at radius 1 is 0.645 bits per heavy atom. The first-order valence-corrected chi connectivity index (χ1v) is 10.1. The number of carbonyl (C=O) groups excluding carboxylic acids is 3. The van der Waals surface area contributed by atoms with Crippen molar-refractivity contribution in [3.8, 4) is 0 Å². The van der Waals surface area contributed by atoms with Gasteiger partial charge in [-0.25, -0.2) is 0 Å². The maximum absolute atomic E-state index is 11.1. The summed E-state index contributed by atoms with van der Waals surface area (Å²) in [5, 5.41) is 62.3. The maximum Gasteiger partial charge on any atom is 0.0947 e. The molecule has 0 spiro atoms. The molecule has 0 amide bonds. The molecule has 1 saturated heterocycles. The number of carbonyl (C=O) groups is 3. The summed E-state index contributed by atoms with van der Waals surface area (Å²) in [6.45, 7) is -0.648. The van der Waals surface area contributed by atoms with Crippen molar-refractivity contribution in [3.05, 3.63) is 0 Å². The van der Waals surface area contributed by atoms with Crippen molar-refractivity contribution >= 4 is 17.9 Å². The third-order valence-electron chi connectivity index (χ3n) is 5.22. The van der Waals surface area contributed by atoms with Crippen LogP contribution in [0.15, 0.2) is 0 Å². The Kier molecular flexibility index (Phi) is 12.5. The maximum atomic E-state index is 11.1. The SMILES string of the molecule is O=C([O-])CN1CCN(CC(=O)[O-])CCN([C@H](CO)[C@@H](O)CO)CCN(CC(=O)[O-])CC1. The Hall–Kier alpha value is -1.87. The van der Waals surface area contributed by atoms with Crippen LogP contribution in [0.2, 0.25) is 0 Å². The van der Waals surface area contributed by atoms with E-state index in [0.717, 1.165) is 0 Å². The van der Waals surface area contributed by atoms with Crippen LogP contribution >= 0.6 is 0 Å². The number of carboxylic acid groups (broad SMARTS) is 3. The smallest absolute Gasteiger partial charge is 0.0947 e. The average molecular weight is 447 g/mol. The summed E-state index contributed by atoms with van der Waals surface area (Å²) in [7, 11) is 0. The van der Waals surface area contributed by atoms with Crippen LogP contribution in [0.25, 0.3) is 0 Å². The Labute approximate surface area is 180 Å². The second kappa shape index (κ2) is 14.2. The predicted molar refractivity (Wildman–Crippen MR) is 99.9 cm³/mol. The molecular formula is C18H31N4O9-3. The molecule has 0 bridgehead atoms. The highest BCUT2D eigenvalue weighted by atomic mass is 16.4. The van der Waals surface area contributed by atoms with E-state index in [1.807, 2.05) is 0 Å². The van der Waals surface area contributed by atoms with Crippen LogP contribution in [0.5, 0.6) is 0 Å². The van der Waals surface area contributed by atoms with Gasteiger partial charge in [-0.05, 0) is 0 Å². The van der Waals surface area contributed by atoms with E-state index >= 15 is 0 Å². The van der Waals surface area contributed by atoms with E-state index in [-0.39, 0.29) is 58.9 Å². The number of aliphatic hydroxyl groups is 3. The van der Waals surface area contributed by atoms with Crippen LogP contribution < -0.4 is 15.3 Å². The lowest BCUT2D eigenvalue weighted by atomic mass is 10.1. The van der Waals surface area contributed by atoms with E-state index in [1.165, 1.54) is 4.90 Å². The first-order valence-electron chi connectivity index (χ1n) is 10.1. The molecule has 13 nitrogen and oxygen atoms in total. The average Bonchev–Trinajstić information content (AvgIpc) is 2.68. The van der Waals surface area contributed by atoms with Gasteiger partial charge in [0.05, 0.1) is 43.3 Å². The number of aliphatic carboxylic acids is 3. The molecule has 13 heteroatoms. The molecule has 180 valence electrons. The molecule has 1 aliphatic rings. The Morgan fingerprint density at radius 2 is 0.968 bits per heavy atom. The fourth-order valence-corrected chi connectivity index (χ4v) is 3.51. The summed E-state index contributed by atoms with van der Waals surface area (Å²) in [4.78, 5) is 39.5. The fourth-order valence-electron chi connectivity index (χ4n) is 3.51. The summed E-state index contributed by atoms with van der Waals surface area (Å²) in [5.41, 5.74) is 0. The number of rotatable bonds is 10. The number of carboxylic acids is 3. The zero-order valence-electron chi connectivity index (χ0n) is 17.4. The van der Waals surface area contributed by atoms with Crippen molar-refractivity contribution in [2.24, 2.45) is 0 Å². The van der Waals surface area contributed by atoms with Crippen LogP contribution in [0.3, 0.4) is 0 Å². The van der Waals surface area contributed by atoms with Crippen LogP contribution in [0.4, 0.5) is 0 Å². The van der Waals surface area contributed by atoms with Crippen molar-refractivity contribution < 1.29 is 45.0 Å². The van der Waals surface area contributed by atoms with Gasteiger partial charge >= 0.3 is 0 Å². The molecule has 0 saturated carbocycles. The summed E-state index contributed by atoms with van der Waals surface area (Å²) in [5.74, 6) is -3.92. The number of hydrogen-bond acceptors (Lipinski definition) is 13. The third kappa shape index (κ3) is 10.8. The zero-order chi connectivity index (χ0) is 23.4. The van der Waals surface area contributed by atoms with E-state index in [1.54, 1.807) is 14.7 Å². The highest BCUT2D eigenvalue weighted by Gasteiger charge is 2.26. The van der Waals surface area contributed by atoms with E-state index in [2.05, 4.69) is 0 Å². The van der Waals surface area contributed by atoms with Gasteiger partial charge in [0.2, 0.25) is 0 Å². The second-order valence-electron chi connectivity index (χ2n) is 7.48. The van der Waals surface area contributed by atoms with E-state index in [0.29, 0.717) is 0 Å². The highest BCUT2D eigenvalue weighted by molar-refractivity contribution is 5.67. The minimum absolute atomic E-state index is 0.196. The van der Waals surface area contributed by atoms with Gasteiger partial charge < -0.3 is 45.0 Å². The van der Waals surface area contributed by atoms with Gasteiger partial charge in [-0.2, -0.15) is 0 Å². The Morgan fingerprint density at radius 3 is 1.23 bits per heavy atom. The molecule has 1 rings (SSSR count). The van der Waals surface area contributed by atoms with Gasteiger partial charge in [0.25, 0.3) is 0 Å². The number of nitrogens with zero attached hydrogens (tertiary/aromatic N) is 4. The van der Waals surface area contributed by atoms with Crippen molar-refractivity contribution in [1.82, 2.24) is 19.6 Å². The van der Waals surface area contributed by atoms with E-state index < -0.39 is 56.4 Å². The molecule has 1 aliphatic heterocycles. The monoisotopic (exact) mass is 447 g/mol. The zero-order valence-corrected chi connectivity index (χ0v) is 17.4. The van der Waals surface area contributed by atoms with Gasteiger partial charge in [0.1, 0.15) is 0 Å². The van der Waals surface area contributed by atoms with Crippen LogP contribution in [0, 0.1) is 0 Å². The molecular weight excluding hydrogens is 416 g/mol. The molecule has 0 aliphatic carbocycles. The van der Waals surface area contributed by atoms with Crippen LogP contribution in [-0.4, -0.2) is 150 Å². The first kappa shape index (κ1) is 27.2. The normalized spacial score (nSPS) is 21.0. The topological polar surface area (TPSA) is 194 Å². The quantitative estimate of drug-likeness (QED) is 0.286. The van der Waals surface area contributed by atoms with Crippen molar-refractivity contribution in [2.45, 2.75) is 12.1 Å².